The van der Waals surface area contributed by atoms with Crippen LogP contribution in [0.2, 0.25) is 0 Å². The van der Waals surface area contributed by atoms with Crippen molar-refractivity contribution in [3.63, 3.8) is 0 Å². The molecule has 4 aromatic rings. The predicted molar refractivity (Wildman–Crippen MR) is 132 cm³/mol. The molecule has 0 saturated heterocycles. The molecule has 5 nitrogen and oxygen atoms in total. The highest BCUT2D eigenvalue weighted by atomic mass is 16.5. The van der Waals surface area contributed by atoms with Crippen molar-refractivity contribution in [2.24, 2.45) is 0 Å². The first-order valence-corrected chi connectivity index (χ1v) is 11.4. The minimum absolute atomic E-state index is 0.125. The predicted octanol–water partition coefficient (Wildman–Crippen LogP) is 6.30. The lowest BCUT2D eigenvalue weighted by Crippen LogP contribution is -2.44. The van der Waals surface area contributed by atoms with Gasteiger partial charge in [-0.05, 0) is 46.5 Å². The number of carbonyl (C=O) groups excluding carboxylic acids is 1. The Kier molecular flexibility index (Phi) is 5.15. The summed E-state index contributed by atoms with van der Waals surface area (Å²) in [6.45, 7) is 1.86. The maximum absolute atomic E-state index is 14.4. The minimum atomic E-state index is -0.125. The number of amides is 2. The number of fused-ring (bicyclic) bond motifs is 4. The van der Waals surface area contributed by atoms with Crippen LogP contribution < -0.4 is 19.3 Å². The Labute approximate surface area is 198 Å². The van der Waals surface area contributed by atoms with Gasteiger partial charge in [0, 0.05) is 0 Å². The standard InChI is InChI=1S/C29H24N2O3/c32-29(30-17-21-9-1-3-11-23(21)19-33-27-15-7-5-13-25(27)30)31-18-22-10-2-4-12-24(22)20-34-28-16-8-6-14-26(28)31/h1-16H,17-20H2. The molecule has 2 heterocycles. The van der Waals surface area contributed by atoms with Crippen LogP contribution in [0.15, 0.2) is 97.1 Å². The lowest BCUT2D eigenvalue weighted by atomic mass is 10.1. The minimum Gasteiger partial charge on any atom is -0.487 e. The third kappa shape index (κ3) is 3.65. The molecular formula is C29H24N2O3. The van der Waals surface area contributed by atoms with Crippen LogP contribution in [0, 0.1) is 0 Å². The highest BCUT2D eigenvalue weighted by Crippen LogP contribution is 2.38. The van der Waals surface area contributed by atoms with Crippen molar-refractivity contribution < 1.29 is 14.3 Å². The lowest BCUT2D eigenvalue weighted by molar-refractivity contribution is 0.248. The van der Waals surface area contributed by atoms with E-state index in [1.54, 1.807) is 0 Å². The van der Waals surface area contributed by atoms with E-state index in [9.17, 15) is 4.79 Å². The number of rotatable bonds is 0. The summed E-state index contributed by atoms with van der Waals surface area (Å²) < 4.78 is 12.3. The molecule has 2 aliphatic heterocycles. The number of hydrogen-bond acceptors (Lipinski definition) is 3. The molecule has 0 fully saturated rings. The first-order valence-electron chi connectivity index (χ1n) is 11.4. The third-order valence-electron chi connectivity index (χ3n) is 6.43. The number of nitrogens with zero attached hydrogens (tertiary/aromatic N) is 2. The number of urea groups is 1. The molecule has 0 spiro atoms. The second kappa shape index (κ2) is 8.60. The van der Waals surface area contributed by atoms with Crippen LogP contribution in [0.1, 0.15) is 22.3 Å². The maximum Gasteiger partial charge on any atom is 0.329 e. The Morgan fingerprint density at radius 2 is 0.912 bits per heavy atom. The van der Waals surface area contributed by atoms with Crippen LogP contribution in [-0.4, -0.2) is 6.03 Å². The molecule has 0 aromatic heterocycles. The Hall–Kier alpha value is -4.25. The van der Waals surface area contributed by atoms with Gasteiger partial charge < -0.3 is 9.47 Å². The van der Waals surface area contributed by atoms with E-state index < -0.39 is 0 Å². The van der Waals surface area contributed by atoms with E-state index in [0.717, 1.165) is 33.6 Å². The molecule has 4 aromatic carbocycles. The molecule has 0 saturated carbocycles. The number of para-hydroxylation sites is 4. The first kappa shape index (κ1) is 20.4. The van der Waals surface area contributed by atoms with Crippen molar-refractivity contribution in [1.29, 1.82) is 0 Å². The summed E-state index contributed by atoms with van der Waals surface area (Å²) in [7, 11) is 0. The molecule has 5 heteroatoms. The molecule has 2 aliphatic rings. The van der Waals surface area contributed by atoms with Gasteiger partial charge in [-0.2, -0.15) is 0 Å². The zero-order chi connectivity index (χ0) is 22.9. The number of anilines is 2. The van der Waals surface area contributed by atoms with Crippen molar-refractivity contribution >= 4 is 17.4 Å². The van der Waals surface area contributed by atoms with Gasteiger partial charge in [0.05, 0.1) is 24.5 Å². The summed E-state index contributed by atoms with van der Waals surface area (Å²) in [5.41, 5.74) is 5.82. The number of hydrogen-bond donors (Lipinski definition) is 0. The summed E-state index contributed by atoms with van der Waals surface area (Å²) in [6.07, 6.45) is 0. The Morgan fingerprint density at radius 3 is 1.38 bits per heavy atom. The van der Waals surface area contributed by atoms with E-state index in [0.29, 0.717) is 37.8 Å². The summed E-state index contributed by atoms with van der Waals surface area (Å²) in [5.74, 6) is 1.39. The number of benzene rings is 4. The molecule has 6 rings (SSSR count). The Bertz CT molecular complexity index is 1260. The summed E-state index contributed by atoms with van der Waals surface area (Å²) in [4.78, 5) is 18.0. The molecule has 0 atom stereocenters. The van der Waals surface area contributed by atoms with Gasteiger partial charge >= 0.3 is 6.03 Å². The SMILES string of the molecule is O=C(N1Cc2ccccc2COc2ccccc21)N1Cc2ccccc2COc2ccccc21. The van der Waals surface area contributed by atoms with Crippen LogP contribution in [0.3, 0.4) is 0 Å². The van der Waals surface area contributed by atoms with Crippen LogP contribution in [0.4, 0.5) is 16.2 Å². The highest BCUT2D eigenvalue weighted by molar-refractivity contribution is 6.05. The largest absolute Gasteiger partial charge is 0.487 e. The topological polar surface area (TPSA) is 42.0 Å². The maximum atomic E-state index is 14.4. The average molecular weight is 449 g/mol. The van der Waals surface area contributed by atoms with Gasteiger partial charge in [0.2, 0.25) is 0 Å². The van der Waals surface area contributed by atoms with Crippen molar-refractivity contribution in [3.8, 4) is 11.5 Å². The zero-order valence-electron chi connectivity index (χ0n) is 18.7. The monoisotopic (exact) mass is 448 g/mol. The van der Waals surface area contributed by atoms with Crippen molar-refractivity contribution in [3.05, 3.63) is 119 Å². The normalized spacial score (nSPS) is 14.5. The van der Waals surface area contributed by atoms with Gasteiger partial charge in [0.25, 0.3) is 0 Å². The van der Waals surface area contributed by atoms with E-state index in [1.807, 2.05) is 82.6 Å². The Morgan fingerprint density at radius 1 is 0.529 bits per heavy atom. The molecule has 0 bridgehead atoms. The lowest BCUT2D eigenvalue weighted by Gasteiger charge is -2.35. The fraction of sp³-hybridized carbons (Fsp3) is 0.138. The van der Waals surface area contributed by atoms with Crippen molar-refractivity contribution in [2.75, 3.05) is 9.80 Å². The van der Waals surface area contributed by atoms with Crippen molar-refractivity contribution in [2.45, 2.75) is 26.3 Å². The van der Waals surface area contributed by atoms with Gasteiger partial charge in [0.1, 0.15) is 24.7 Å². The van der Waals surface area contributed by atoms with Gasteiger partial charge in [-0.25, -0.2) is 4.79 Å². The molecule has 0 radical (unpaired) electrons. The number of ether oxygens (including phenoxy) is 2. The first-order chi connectivity index (χ1) is 16.8. The molecule has 0 aliphatic carbocycles. The Balaban J connectivity index is 1.47. The van der Waals surface area contributed by atoms with Crippen LogP contribution in [-0.2, 0) is 26.3 Å². The molecular weight excluding hydrogens is 424 g/mol. The van der Waals surface area contributed by atoms with Gasteiger partial charge in [-0.1, -0.05) is 72.8 Å². The van der Waals surface area contributed by atoms with E-state index in [4.69, 9.17) is 9.47 Å². The smallest absolute Gasteiger partial charge is 0.329 e. The average Bonchev–Trinajstić information content (AvgIpc) is 2.86. The molecule has 168 valence electrons. The van der Waals surface area contributed by atoms with Crippen molar-refractivity contribution in [1.82, 2.24) is 0 Å². The van der Waals surface area contributed by atoms with Crippen LogP contribution in [0.25, 0.3) is 0 Å². The molecule has 34 heavy (non-hydrogen) atoms. The third-order valence-corrected chi connectivity index (χ3v) is 6.43. The quantitative estimate of drug-likeness (QED) is 0.317. The summed E-state index contributed by atoms with van der Waals surface area (Å²) in [5, 5.41) is 0. The fourth-order valence-electron chi connectivity index (χ4n) is 4.62. The second-order valence-electron chi connectivity index (χ2n) is 8.51. The van der Waals surface area contributed by atoms with E-state index in [-0.39, 0.29) is 6.03 Å². The number of carbonyl (C=O) groups is 1. The molecule has 2 amide bonds. The van der Waals surface area contributed by atoms with E-state index in [1.165, 1.54) is 0 Å². The zero-order valence-corrected chi connectivity index (χ0v) is 18.7. The van der Waals surface area contributed by atoms with E-state index >= 15 is 0 Å². The fourth-order valence-corrected chi connectivity index (χ4v) is 4.62. The van der Waals surface area contributed by atoms with E-state index in [2.05, 4.69) is 24.3 Å². The van der Waals surface area contributed by atoms with Gasteiger partial charge in [-0.15, -0.1) is 0 Å². The summed E-state index contributed by atoms with van der Waals surface area (Å²) in [6, 6.07) is 31.6. The van der Waals surface area contributed by atoms with Crippen LogP contribution in [0.5, 0.6) is 11.5 Å². The molecule has 0 N–H and O–H groups in total. The second-order valence-corrected chi connectivity index (χ2v) is 8.51. The van der Waals surface area contributed by atoms with Crippen LogP contribution >= 0.6 is 0 Å². The van der Waals surface area contributed by atoms with Gasteiger partial charge in [-0.3, -0.25) is 9.80 Å². The molecule has 0 unspecified atom stereocenters. The van der Waals surface area contributed by atoms with Gasteiger partial charge in [0.15, 0.2) is 0 Å². The summed E-state index contributed by atoms with van der Waals surface area (Å²) >= 11 is 0. The highest BCUT2D eigenvalue weighted by Gasteiger charge is 2.31.